The molecule has 0 atom stereocenters. The smallest absolute Gasteiger partial charge is 0.210 e. The van der Waals surface area contributed by atoms with Crippen LogP contribution in [0.15, 0.2) is 6.07 Å². The Labute approximate surface area is 105 Å². The number of nitrogens with two attached hydrogens (primary N) is 2. The average Bonchev–Trinajstić information content (AvgIpc) is 3.10. The fourth-order valence-corrected chi connectivity index (χ4v) is 1.86. The molecule has 0 bridgehead atoms. The van der Waals surface area contributed by atoms with Crippen LogP contribution in [-0.4, -0.2) is 30.7 Å². The number of hydrogen-bond donors (Lipinski definition) is 4. The van der Waals surface area contributed by atoms with E-state index in [-0.39, 0.29) is 12.3 Å². The standard InChI is InChI=1S/C9H16N6O2S/c10-15-8-5-7(12-3-4-18(11,16)17)13-9(14-8)6-1-2-6/h5-6H,1-4,10H2,(H2,11,16,17)(H2,12,13,14,15). The topological polar surface area (TPSA) is 136 Å². The summed E-state index contributed by atoms with van der Waals surface area (Å²) >= 11 is 0. The predicted molar refractivity (Wildman–Crippen MR) is 68.3 cm³/mol. The Balaban J connectivity index is 2.04. The minimum Gasteiger partial charge on any atom is -0.369 e. The van der Waals surface area contributed by atoms with Gasteiger partial charge < -0.3 is 10.7 Å². The van der Waals surface area contributed by atoms with E-state index in [1.807, 2.05) is 0 Å². The van der Waals surface area contributed by atoms with E-state index in [2.05, 4.69) is 20.7 Å². The van der Waals surface area contributed by atoms with Crippen molar-refractivity contribution in [3.05, 3.63) is 11.9 Å². The molecule has 1 aromatic heterocycles. The summed E-state index contributed by atoms with van der Waals surface area (Å²) in [6.07, 6.45) is 2.15. The summed E-state index contributed by atoms with van der Waals surface area (Å²) in [6, 6.07) is 1.62. The highest BCUT2D eigenvalue weighted by atomic mass is 32.2. The van der Waals surface area contributed by atoms with Crippen LogP contribution >= 0.6 is 0 Å². The number of sulfonamides is 1. The van der Waals surface area contributed by atoms with Crippen molar-refractivity contribution in [2.45, 2.75) is 18.8 Å². The SMILES string of the molecule is NNc1cc(NCCS(N)(=O)=O)nc(C2CC2)n1. The molecule has 0 amide bonds. The number of nitrogens with zero attached hydrogens (tertiary/aromatic N) is 2. The van der Waals surface area contributed by atoms with Crippen LogP contribution in [0, 0.1) is 0 Å². The number of hydrogen-bond acceptors (Lipinski definition) is 7. The maximum Gasteiger partial charge on any atom is 0.210 e. The molecule has 1 heterocycles. The second-order valence-electron chi connectivity index (χ2n) is 4.21. The summed E-state index contributed by atoms with van der Waals surface area (Å²) in [5, 5.41) is 7.80. The van der Waals surface area contributed by atoms with Crippen LogP contribution in [-0.2, 0) is 10.0 Å². The Morgan fingerprint density at radius 2 is 2.00 bits per heavy atom. The maximum absolute atomic E-state index is 10.8. The molecule has 18 heavy (non-hydrogen) atoms. The highest BCUT2D eigenvalue weighted by Crippen LogP contribution is 2.38. The number of primary sulfonamides is 1. The summed E-state index contributed by atoms with van der Waals surface area (Å²) in [5.74, 6) is 7.33. The number of aromatic nitrogens is 2. The van der Waals surface area contributed by atoms with Gasteiger partial charge in [-0.05, 0) is 12.8 Å². The van der Waals surface area contributed by atoms with Crippen LogP contribution in [0.2, 0.25) is 0 Å². The van der Waals surface area contributed by atoms with Crippen molar-refractivity contribution < 1.29 is 8.42 Å². The summed E-state index contributed by atoms with van der Waals surface area (Å²) in [4.78, 5) is 8.55. The van der Waals surface area contributed by atoms with Gasteiger partial charge >= 0.3 is 0 Å². The molecule has 0 aliphatic heterocycles. The third-order valence-corrected chi connectivity index (χ3v) is 3.30. The van der Waals surface area contributed by atoms with E-state index in [0.29, 0.717) is 17.6 Å². The number of rotatable bonds is 6. The molecule has 2 rings (SSSR count). The number of hydrazine groups is 1. The molecule has 1 fully saturated rings. The molecule has 100 valence electrons. The van der Waals surface area contributed by atoms with Gasteiger partial charge in [0.15, 0.2) is 0 Å². The summed E-state index contributed by atoms with van der Waals surface area (Å²) in [7, 11) is -3.47. The normalized spacial score (nSPS) is 15.4. The van der Waals surface area contributed by atoms with Gasteiger partial charge in [-0.15, -0.1) is 0 Å². The number of nitrogen functional groups attached to an aromatic ring is 1. The monoisotopic (exact) mass is 272 g/mol. The molecule has 6 N–H and O–H groups in total. The van der Waals surface area contributed by atoms with Gasteiger partial charge in [0.25, 0.3) is 0 Å². The highest BCUT2D eigenvalue weighted by Gasteiger charge is 2.27. The lowest BCUT2D eigenvalue weighted by atomic mass is 10.4. The lowest BCUT2D eigenvalue weighted by Crippen LogP contribution is -2.23. The van der Waals surface area contributed by atoms with Crippen LogP contribution in [0.5, 0.6) is 0 Å². The molecule has 1 saturated carbocycles. The minimum atomic E-state index is -3.47. The largest absolute Gasteiger partial charge is 0.369 e. The van der Waals surface area contributed by atoms with Gasteiger partial charge in [0.05, 0.1) is 5.75 Å². The third kappa shape index (κ3) is 3.79. The summed E-state index contributed by atoms with van der Waals surface area (Å²) < 4.78 is 21.6. The van der Waals surface area contributed by atoms with Crippen LogP contribution in [0.1, 0.15) is 24.6 Å². The Morgan fingerprint density at radius 1 is 1.33 bits per heavy atom. The van der Waals surface area contributed by atoms with E-state index < -0.39 is 10.0 Å². The van der Waals surface area contributed by atoms with E-state index in [1.54, 1.807) is 6.07 Å². The van der Waals surface area contributed by atoms with Crippen LogP contribution in [0.25, 0.3) is 0 Å². The Bertz CT molecular complexity index is 528. The Morgan fingerprint density at radius 3 is 2.56 bits per heavy atom. The fourth-order valence-electron chi connectivity index (χ4n) is 1.48. The van der Waals surface area contributed by atoms with Gasteiger partial charge in [-0.1, -0.05) is 0 Å². The maximum atomic E-state index is 10.8. The highest BCUT2D eigenvalue weighted by molar-refractivity contribution is 7.89. The van der Waals surface area contributed by atoms with Gasteiger partial charge in [0.2, 0.25) is 10.0 Å². The molecular formula is C9H16N6O2S. The first-order chi connectivity index (χ1) is 8.48. The van der Waals surface area contributed by atoms with Gasteiger partial charge in [-0.25, -0.2) is 29.4 Å². The van der Waals surface area contributed by atoms with E-state index in [9.17, 15) is 8.42 Å². The number of nitrogens with one attached hydrogen (secondary N) is 2. The van der Waals surface area contributed by atoms with Gasteiger partial charge in [0, 0.05) is 18.5 Å². The second-order valence-corrected chi connectivity index (χ2v) is 5.94. The van der Waals surface area contributed by atoms with Crippen molar-refractivity contribution in [1.29, 1.82) is 0 Å². The van der Waals surface area contributed by atoms with E-state index >= 15 is 0 Å². The second kappa shape index (κ2) is 5.04. The lowest BCUT2D eigenvalue weighted by Gasteiger charge is -2.08. The molecule has 0 aromatic carbocycles. The molecule has 1 aliphatic carbocycles. The zero-order chi connectivity index (χ0) is 13.2. The van der Waals surface area contributed by atoms with Crippen molar-refractivity contribution in [1.82, 2.24) is 9.97 Å². The van der Waals surface area contributed by atoms with Crippen LogP contribution < -0.4 is 21.7 Å². The summed E-state index contributed by atoms with van der Waals surface area (Å²) in [5.41, 5.74) is 2.46. The predicted octanol–water partition coefficient (Wildman–Crippen LogP) is -0.660. The molecular weight excluding hydrogens is 256 g/mol. The average molecular weight is 272 g/mol. The Kier molecular flexibility index (Phi) is 3.64. The molecule has 0 spiro atoms. The zero-order valence-electron chi connectivity index (χ0n) is 9.76. The minimum absolute atomic E-state index is 0.152. The van der Waals surface area contributed by atoms with Crippen molar-refractivity contribution in [2.24, 2.45) is 11.0 Å². The van der Waals surface area contributed by atoms with Crippen molar-refractivity contribution in [2.75, 3.05) is 23.0 Å². The molecule has 1 aliphatic rings. The molecule has 0 unspecified atom stereocenters. The molecule has 9 heteroatoms. The van der Waals surface area contributed by atoms with Gasteiger partial charge in [0.1, 0.15) is 17.5 Å². The van der Waals surface area contributed by atoms with Crippen molar-refractivity contribution in [3.63, 3.8) is 0 Å². The van der Waals surface area contributed by atoms with Crippen molar-refractivity contribution in [3.8, 4) is 0 Å². The van der Waals surface area contributed by atoms with Crippen LogP contribution in [0.3, 0.4) is 0 Å². The Hall–Kier alpha value is -1.45. The van der Waals surface area contributed by atoms with Crippen LogP contribution in [0.4, 0.5) is 11.6 Å². The molecule has 1 aromatic rings. The number of anilines is 2. The van der Waals surface area contributed by atoms with Crippen molar-refractivity contribution >= 4 is 21.7 Å². The van der Waals surface area contributed by atoms with Gasteiger partial charge in [-0.2, -0.15) is 0 Å². The molecule has 0 saturated heterocycles. The third-order valence-electron chi connectivity index (χ3n) is 2.53. The van der Waals surface area contributed by atoms with E-state index in [0.717, 1.165) is 18.7 Å². The zero-order valence-corrected chi connectivity index (χ0v) is 10.6. The van der Waals surface area contributed by atoms with Gasteiger partial charge in [-0.3, -0.25) is 0 Å². The first-order valence-corrected chi connectivity index (χ1v) is 7.29. The molecule has 0 radical (unpaired) electrons. The van der Waals surface area contributed by atoms with E-state index in [1.165, 1.54) is 0 Å². The molecule has 8 nitrogen and oxygen atoms in total. The first kappa shape index (κ1) is 13.0. The lowest BCUT2D eigenvalue weighted by molar-refractivity contribution is 0.598. The first-order valence-electron chi connectivity index (χ1n) is 5.58. The van der Waals surface area contributed by atoms with E-state index in [4.69, 9.17) is 11.0 Å². The quantitative estimate of drug-likeness (QED) is 0.398. The summed E-state index contributed by atoms with van der Waals surface area (Å²) in [6.45, 7) is 0.198. The fraction of sp³-hybridized carbons (Fsp3) is 0.556.